The molecule has 1 aliphatic rings. The Hall–Kier alpha value is -2.82. The van der Waals surface area contributed by atoms with Crippen molar-refractivity contribution in [3.63, 3.8) is 0 Å². The van der Waals surface area contributed by atoms with Gasteiger partial charge < -0.3 is 15.0 Å². The van der Waals surface area contributed by atoms with Crippen molar-refractivity contribution < 1.29 is 14.3 Å². The fourth-order valence-corrected chi connectivity index (χ4v) is 3.00. The van der Waals surface area contributed by atoms with E-state index < -0.39 is 6.10 Å². The molecule has 2 aromatic rings. The zero-order chi connectivity index (χ0) is 18.0. The van der Waals surface area contributed by atoms with Gasteiger partial charge in [-0.3, -0.25) is 9.59 Å². The molecule has 0 aliphatic carbocycles. The number of benzene rings is 2. The van der Waals surface area contributed by atoms with Crippen molar-refractivity contribution in [3.05, 3.63) is 54.1 Å². The number of nitrogens with one attached hydrogen (secondary N) is 1. The second-order valence-corrected chi connectivity index (χ2v) is 6.44. The van der Waals surface area contributed by atoms with Gasteiger partial charge in [0.2, 0.25) is 5.91 Å². The van der Waals surface area contributed by atoms with E-state index in [4.69, 9.17) is 4.74 Å². The van der Waals surface area contributed by atoms with Crippen molar-refractivity contribution >= 4 is 23.2 Å². The summed E-state index contributed by atoms with van der Waals surface area (Å²) in [6, 6.07) is 15.0. The highest BCUT2D eigenvalue weighted by Crippen LogP contribution is 2.33. The van der Waals surface area contributed by atoms with E-state index in [9.17, 15) is 9.59 Å². The third kappa shape index (κ3) is 3.50. The maximum atomic E-state index is 12.7. The Morgan fingerprint density at radius 1 is 1.12 bits per heavy atom. The average molecular weight is 338 g/mol. The van der Waals surface area contributed by atoms with Crippen LogP contribution in [0.25, 0.3) is 0 Å². The number of ether oxygens (including phenoxy) is 1. The molecule has 5 nitrogen and oxygen atoms in total. The van der Waals surface area contributed by atoms with Gasteiger partial charge in [-0.05, 0) is 29.7 Å². The Labute approximate surface area is 147 Å². The molecule has 0 saturated carbocycles. The van der Waals surface area contributed by atoms with Gasteiger partial charge >= 0.3 is 0 Å². The van der Waals surface area contributed by atoms with Crippen LogP contribution in [-0.4, -0.2) is 24.5 Å². The molecule has 2 amide bonds. The minimum Gasteiger partial charge on any atom is -0.476 e. The predicted octanol–water partition coefficient (Wildman–Crippen LogP) is 3.56. The smallest absolute Gasteiger partial charge is 0.267 e. The Bertz CT molecular complexity index is 801. The highest BCUT2D eigenvalue weighted by atomic mass is 16.5. The quantitative estimate of drug-likeness (QED) is 0.931. The lowest BCUT2D eigenvalue weighted by Gasteiger charge is -2.33. The second-order valence-electron chi connectivity index (χ2n) is 6.44. The summed E-state index contributed by atoms with van der Waals surface area (Å²) >= 11 is 0. The number of anilines is 2. The van der Waals surface area contributed by atoms with E-state index in [2.05, 4.69) is 19.2 Å². The van der Waals surface area contributed by atoms with Gasteiger partial charge in [-0.15, -0.1) is 0 Å². The molecule has 0 saturated heterocycles. The predicted molar refractivity (Wildman–Crippen MR) is 98.0 cm³/mol. The third-order valence-electron chi connectivity index (χ3n) is 4.29. The van der Waals surface area contributed by atoms with Gasteiger partial charge in [0.05, 0.1) is 12.2 Å². The highest BCUT2D eigenvalue weighted by molar-refractivity contribution is 5.99. The number of amides is 2. The number of carbonyl (C=O) groups excluding carboxylic acids is 2. The molecule has 0 aromatic heterocycles. The summed E-state index contributed by atoms with van der Waals surface area (Å²) in [5.41, 5.74) is 2.54. The van der Waals surface area contributed by atoms with Crippen LogP contribution in [0.15, 0.2) is 48.5 Å². The van der Waals surface area contributed by atoms with Crippen LogP contribution in [0.4, 0.5) is 11.4 Å². The first kappa shape index (κ1) is 17.0. The lowest BCUT2D eigenvalue weighted by atomic mass is 10.0. The standard InChI is InChI=1S/C20H22N2O3/c1-13(2)15-8-4-5-9-16(15)21-20(24)19-12-22(14(3)23)17-10-6-7-11-18(17)25-19/h4-11,13,19H,12H2,1-3H3,(H,21,24)/t19-/m1/s1. The maximum Gasteiger partial charge on any atom is 0.267 e. The lowest BCUT2D eigenvalue weighted by Crippen LogP contribution is -2.48. The fourth-order valence-electron chi connectivity index (χ4n) is 3.00. The van der Waals surface area contributed by atoms with Crippen molar-refractivity contribution in [1.29, 1.82) is 0 Å². The number of carbonyl (C=O) groups is 2. The van der Waals surface area contributed by atoms with Gasteiger partial charge in [-0.25, -0.2) is 0 Å². The minimum atomic E-state index is -0.751. The van der Waals surface area contributed by atoms with E-state index in [1.165, 1.54) is 6.92 Å². The molecule has 1 atom stereocenters. The number of para-hydroxylation sites is 3. The third-order valence-corrected chi connectivity index (χ3v) is 4.29. The average Bonchev–Trinajstić information content (AvgIpc) is 2.60. The largest absolute Gasteiger partial charge is 0.476 e. The molecule has 0 spiro atoms. The van der Waals surface area contributed by atoms with Gasteiger partial charge in [0, 0.05) is 12.6 Å². The van der Waals surface area contributed by atoms with Gasteiger partial charge in [0.15, 0.2) is 6.10 Å². The van der Waals surface area contributed by atoms with Crippen LogP contribution in [0.2, 0.25) is 0 Å². The van der Waals surface area contributed by atoms with Crippen molar-refractivity contribution in [2.75, 3.05) is 16.8 Å². The maximum absolute atomic E-state index is 12.7. The van der Waals surface area contributed by atoms with Gasteiger partial charge in [0.25, 0.3) is 5.91 Å². The molecule has 0 unspecified atom stereocenters. The van der Waals surface area contributed by atoms with Crippen LogP contribution in [-0.2, 0) is 9.59 Å². The Balaban J connectivity index is 1.83. The summed E-state index contributed by atoms with van der Waals surface area (Å²) in [6.07, 6.45) is -0.751. The molecular weight excluding hydrogens is 316 g/mol. The molecule has 5 heteroatoms. The Kier molecular flexibility index (Phi) is 4.74. The molecule has 25 heavy (non-hydrogen) atoms. The zero-order valence-electron chi connectivity index (χ0n) is 14.7. The number of nitrogens with zero attached hydrogens (tertiary/aromatic N) is 1. The zero-order valence-corrected chi connectivity index (χ0v) is 14.7. The number of hydrogen-bond acceptors (Lipinski definition) is 3. The van der Waals surface area contributed by atoms with Crippen LogP contribution in [0.3, 0.4) is 0 Å². The Morgan fingerprint density at radius 3 is 2.52 bits per heavy atom. The summed E-state index contributed by atoms with van der Waals surface area (Å²) in [6.45, 7) is 5.85. The molecule has 2 aromatic carbocycles. The van der Waals surface area contributed by atoms with E-state index in [-0.39, 0.29) is 18.4 Å². The molecular formula is C20H22N2O3. The summed E-state index contributed by atoms with van der Waals surface area (Å²) < 4.78 is 5.84. The van der Waals surface area contributed by atoms with Crippen LogP contribution in [0, 0.1) is 0 Å². The molecule has 1 N–H and O–H groups in total. The molecule has 0 fully saturated rings. The SMILES string of the molecule is CC(=O)N1C[C@H](C(=O)Nc2ccccc2C(C)C)Oc2ccccc21. The van der Waals surface area contributed by atoms with Crippen molar-refractivity contribution in [3.8, 4) is 5.75 Å². The van der Waals surface area contributed by atoms with Crippen molar-refractivity contribution in [1.82, 2.24) is 0 Å². The summed E-state index contributed by atoms with van der Waals surface area (Å²) in [7, 11) is 0. The molecule has 130 valence electrons. The fraction of sp³-hybridized carbons (Fsp3) is 0.300. The lowest BCUT2D eigenvalue weighted by molar-refractivity contribution is -0.123. The first-order chi connectivity index (χ1) is 12.0. The van der Waals surface area contributed by atoms with Crippen LogP contribution >= 0.6 is 0 Å². The van der Waals surface area contributed by atoms with Crippen LogP contribution < -0.4 is 15.0 Å². The molecule has 1 aliphatic heterocycles. The highest BCUT2D eigenvalue weighted by Gasteiger charge is 2.32. The minimum absolute atomic E-state index is 0.115. The molecule has 0 bridgehead atoms. The van der Waals surface area contributed by atoms with Crippen LogP contribution in [0.5, 0.6) is 5.75 Å². The Morgan fingerprint density at radius 2 is 1.80 bits per heavy atom. The number of fused-ring (bicyclic) bond motifs is 1. The first-order valence-electron chi connectivity index (χ1n) is 8.41. The van der Waals surface area contributed by atoms with E-state index in [0.29, 0.717) is 17.4 Å². The summed E-state index contributed by atoms with van der Waals surface area (Å²) in [5, 5.41) is 2.95. The van der Waals surface area contributed by atoms with E-state index in [1.807, 2.05) is 42.5 Å². The van der Waals surface area contributed by atoms with E-state index in [0.717, 1.165) is 11.3 Å². The van der Waals surface area contributed by atoms with E-state index >= 15 is 0 Å². The molecule has 0 radical (unpaired) electrons. The number of hydrogen-bond donors (Lipinski definition) is 1. The topological polar surface area (TPSA) is 58.6 Å². The first-order valence-corrected chi connectivity index (χ1v) is 8.41. The van der Waals surface area contributed by atoms with Gasteiger partial charge in [0.1, 0.15) is 5.75 Å². The number of rotatable bonds is 3. The molecule has 1 heterocycles. The normalized spacial score (nSPS) is 16.2. The monoisotopic (exact) mass is 338 g/mol. The van der Waals surface area contributed by atoms with E-state index in [1.54, 1.807) is 11.0 Å². The second kappa shape index (κ2) is 6.97. The van der Waals surface area contributed by atoms with Gasteiger partial charge in [-0.2, -0.15) is 0 Å². The van der Waals surface area contributed by atoms with Crippen molar-refractivity contribution in [2.24, 2.45) is 0 Å². The summed E-state index contributed by atoms with van der Waals surface area (Å²) in [5.74, 6) is 0.462. The van der Waals surface area contributed by atoms with Gasteiger partial charge in [-0.1, -0.05) is 44.2 Å². The molecule has 3 rings (SSSR count). The van der Waals surface area contributed by atoms with Crippen molar-refractivity contribution in [2.45, 2.75) is 32.8 Å². The van der Waals surface area contributed by atoms with Crippen LogP contribution in [0.1, 0.15) is 32.3 Å². The summed E-state index contributed by atoms with van der Waals surface area (Å²) in [4.78, 5) is 26.3.